The van der Waals surface area contributed by atoms with Gasteiger partial charge in [0.1, 0.15) is 5.60 Å². The van der Waals surface area contributed by atoms with Crippen molar-refractivity contribution in [3.8, 4) is 0 Å². The Labute approximate surface area is 133 Å². The van der Waals surface area contributed by atoms with Crippen molar-refractivity contribution in [2.45, 2.75) is 26.4 Å². The van der Waals surface area contributed by atoms with E-state index in [0.717, 1.165) is 0 Å². The van der Waals surface area contributed by atoms with Gasteiger partial charge in [0.2, 0.25) is 0 Å². The number of ether oxygens (including phenoxy) is 1. The Morgan fingerprint density at radius 1 is 1.30 bits per heavy atom. The van der Waals surface area contributed by atoms with Crippen molar-refractivity contribution in [2.75, 3.05) is 6.54 Å². The van der Waals surface area contributed by atoms with Crippen LogP contribution in [0.2, 0.25) is 15.1 Å². The summed E-state index contributed by atoms with van der Waals surface area (Å²) >= 11 is 17.8. The van der Waals surface area contributed by atoms with Gasteiger partial charge in [0.15, 0.2) is 0 Å². The van der Waals surface area contributed by atoms with Crippen LogP contribution in [0.15, 0.2) is 18.2 Å². The molecule has 0 atom stereocenters. The number of benzene rings is 1. The first kappa shape index (κ1) is 17.2. The fraction of sp³-hybridized carbons (Fsp3) is 0.357. The standard InChI is InChI=1S/C14H16Cl3NO2/c1-14(2,3)20-13(19)18-6-4-5-9-7-10(15)8-11(16)12(9)17/h4-5,7-8H,6H2,1-3H3,(H,18,19). The van der Waals surface area contributed by atoms with Crippen LogP contribution in [0.5, 0.6) is 0 Å². The molecule has 0 aliphatic heterocycles. The van der Waals surface area contributed by atoms with Crippen LogP contribution in [0, 0.1) is 0 Å². The van der Waals surface area contributed by atoms with Gasteiger partial charge >= 0.3 is 6.09 Å². The Hall–Kier alpha value is -0.900. The molecule has 20 heavy (non-hydrogen) atoms. The Balaban J connectivity index is 2.56. The summed E-state index contributed by atoms with van der Waals surface area (Å²) in [5, 5.41) is 3.91. The molecule has 1 aromatic rings. The molecule has 0 saturated heterocycles. The molecule has 0 unspecified atom stereocenters. The number of alkyl carbamates (subject to hydrolysis) is 1. The molecule has 0 saturated carbocycles. The van der Waals surface area contributed by atoms with Crippen molar-refractivity contribution >= 4 is 47.0 Å². The van der Waals surface area contributed by atoms with E-state index >= 15 is 0 Å². The maximum Gasteiger partial charge on any atom is 0.407 e. The summed E-state index contributed by atoms with van der Waals surface area (Å²) in [5.74, 6) is 0. The zero-order chi connectivity index (χ0) is 15.3. The fourth-order valence-corrected chi connectivity index (χ4v) is 2.02. The highest BCUT2D eigenvalue weighted by Gasteiger charge is 2.15. The van der Waals surface area contributed by atoms with E-state index in [4.69, 9.17) is 39.5 Å². The Morgan fingerprint density at radius 2 is 1.95 bits per heavy atom. The summed E-state index contributed by atoms with van der Waals surface area (Å²) < 4.78 is 5.10. The predicted molar refractivity (Wildman–Crippen MR) is 84.7 cm³/mol. The first-order chi connectivity index (χ1) is 9.19. The smallest absolute Gasteiger partial charge is 0.407 e. The van der Waals surface area contributed by atoms with Gasteiger partial charge in [-0.3, -0.25) is 0 Å². The highest BCUT2D eigenvalue weighted by atomic mass is 35.5. The summed E-state index contributed by atoms with van der Waals surface area (Å²) in [5.41, 5.74) is 0.174. The van der Waals surface area contributed by atoms with Gasteiger partial charge in [0.25, 0.3) is 0 Å². The third-order valence-corrected chi connectivity index (χ3v) is 3.12. The number of carbonyl (C=O) groups is 1. The van der Waals surface area contributed by atoms with Crippen LogP contribution in [-0.4, -0.2) is 18.2 Å². The van der Waals surface area contributed by atoms with Crippen LogP contribution >= 0.6 is 34.8 Å². The normalized spacial score (nSPS) is 11.7. The lowest BCUT2D eigenvalue weighted by molar-refractivity contribution is 0.0534. The molecule has 1 rings (SSSR count). The minimum Gasteiger partial charge on any atom is -0.444 e. The number of hydrogen-bond acceptors (Lipinski definition) is 2. The monoisotopic (exact) mass is 335 g/mol. The predicted octanol–water partition coefficient (Wildman–Crippen LogP) is 5.18. The molecule has 0 fully saturated rings. The molecular formula is C14H16Cl3NO2. The lowest BCUT2D eigenvalue weighted by Gasteiger charge is -2.19. The van der Waals surface area contributed by atoms with Gasteiger partial charge in [-0.15, -0.1) is 0 Å². The summed E-state index contributed by atoms with van der Waals surface area (Å²) in [6.07, 6.45) is 2.99. The largest absolute Gasteiger partial charge is 0.444 e. The molecule has 0 aliphatic rings. The molecule has 0 bridgehead atoms. The zero-order valence-corrected chi connectivity index (χ0v) is 13.7. The van der Waals surface area contributed by atoms with Crippen molar-refractivity contribution in [3.05, 3.63) is 38.8 Å². The quantitative estimate of drug-likeness (QED) is 0.772. The molecule has 1 amide bonds. The molecule has 0 heterocycles. The van der Waals surface area contributed by atoms with E-state index in [9.17, 15) is 4.79 Å². The van der Waals surface area contributed by atoms with E-state index < -0.39 is 11.7 Å². The van der Waals surface area contributed by atoms with E-state index in [1.807, 2.05) is 0 Å². The summed E-state index contributed by atoms with van der Waals surface area (Å²) in [6.45, 7) is 5.72. The zero-order valence-electron chi connectivity index (χ0n) is 11.5. The lowest BCUT2D eigenvalue weighted by atomic mass is 10.2. The number of hydrogen-bond donors (Lipinski definition) is 1. The number of rotatable bonds is 3. The van der Waals surface area contributed by atoms with Gasteiger partial charge in [0.05, 0.1) is 10.0 Å². The first-order valence-corrected chi connectivity index (χ1v) is 7.10. The Bertz CT molecular complexity index is 522. The molecule has 0 radical (unpaired) electrons. The second-order valence-corrected chi connectivity index (χ2v) is 6.30. The average molecular weight is 337 g/mol. The highest BCUT2D eigenvalue weighted by Crippen LogP contribution is 2.30. The number of carbonyl (C=O) groups excluding carboxylic acids is 1. The molecule has 0 aromatic heterocycles. The van der Waals surface area contributed by atoms with Crippen molar-refractivity contribution in [1.82, 2.24) is 5.32 Å². The summed E-state index contributed by atoms with van der Waals surface area (Å²) in [6, 6.07) is 3.27. The van der Waals surface area contributed by atoms with Gasteiger partial charge in [-0.1, -0.05) is 47.0 Å². The van der Waals surface area contributed by atoms with Gasteiger partial charge in [0, 0.05) is 11.6 Å². The van der Waals surface area contributed by atoms with Gasteiger partial charge in [-0.05, 0) is 38.5 Å². The topological polar surface area (TPSA) is 38.3 Å². The van der Waals surface area contributed by atoms with E-state index in [-0.39, 0.29) is 0 Å². The average Bonchev–Trinajstić information content (AvgIpc) is 2.28. The van der Waals surface area contributed by atoms with E-state index in [1.54, 1.807) is 45.1 Å². The van der Waals surface area contributed by atoms with Crippen LogP contribution < -0.4 is 5.32 Å². The molecule has 1 aromatic carbocycles. The summed E-state index contributed by atoms with van der Waals surface area (Å²) in [7, 11) is 0. The lowest BCUT2D eigenvalue weighted by Crippen LogP contribution is -2.32. The van der Waals surface area contributed by atoms with Crippen LogP contribution in [0.4, 0.5) is 4.79 Å². The molecule has 3 nitrogen and oxygen atoms in total. The van der Waals surface area contributed by atoms with Crippen molar-refractivity contribution in [1.29, 1.82) is 0 Å². The van der Waals surface area contributed by atoms with Gasteiger partial charge in [-0.2, -0.15) is 0 Å². The number of halogens is 3. The molecule has 6 heteroatoms. The maximum absolute atomic E-state index is 11.4. The molecular weight excluding hydrogens is 321 g/mol. The highest BCUT2D eigenvalue weighted by molar-refractivity contribution is 6.44. The molecule has 0 spiro atoms. The Kier molecular flexibility index (Phi) is 6.18. The third kappa shape index (κ3) is 6.04. The van der Waals surface area contributed by atoms with Crippen LogP contribution in [-0.2, 0) is 4.74 Å². The number of amides is 1. The second kappa shape index (κ2) is 7.21. The van der Waals surface area contributed by atoms with Crippen LogP contribution in [0.3, 0.4) is 0 Å². The fourth-order valence-electron chi connectivity index (χ4n) is 1.34. The first-order valence-electron chi connectivity index (χ1n) is 5.97. The van der Waals surface area contributed by atoms with E-state index in [2.05, 4.69) is 5.32 Å². The van der Waals surface area contributed by atoms with E-state index in [0.29, 0.717) is 27.2 Å². The Morgan fingerprint density at radius 3 is 2.55 bits per heavy atom. The minimum atomic E-state index is -0.516. The molecule has 1 N–H and O–H groups in total. The second-order valence-electron chi connectivity index (χ2n) is 5.08. The SMILES string of the molecule is CC(C)(C)OC(=O)NCC=Cc1cc(Cl)cc(Cl)c1Cl. The minimum absolute atomic E-state index is 0.315. The maximum atomic E-state index is 11.4. The third-order valence-electron chi connectivity index (χ3n) is 2.08. The van der Waals surface area contributed by atoms with Crippen molar-refractivity contribution in [2.24, 2.45) is 0 Å². The van der Waals surface area contributed by atoms with E-state index in [1.165, 1.54) is 0 Å². The summed E-state index contributed by atoms with van der Waals surface area (Å²) in [4.78, 5) is 11.4. The van der Waals surface area contributed by atoms with Crippen molar-refractivity contribution in [3.63, 3.8) is 0 Å². The van der Waals surface area contributed by atoms with Crippen LogP contribution in [0.25, 0.3) is 6.08 Å². The van der Waals surface area contributed by atoms with Gasteiger partial charge in [-0.25, -0.2) is 4.79 Å². The molecule has 110 valence electrons. The van der Waals surface area contributed by atoms with Crippen LogP contribution in [0.1, 0.15) is 26.3 Å². The van der Waals surface area contributed by atoms with Gasteiger partial charge < -0.3 is 10.1 Å². The van der Waals surface area contributed by atoms with Crippen molar-refractivity contribution < 1.29 is 9.53 Å². The number of nitrogens with one attached hydrogen (secondary N) is 1. The molecule has 0 aliphatic carbocycles.